The maximum Gasteiger partial charge on any atom is 0.166 e. The number of benzene rings is 1. The molecule has 1 saturated heterocycles. The van der Waals surface area contributed by atoms with Gasteiger partial charge in [0.1, 0.15) is 0 Å². The normalized spacial score (nSPS) is 25.0. The van der Waals surface area contributed by atoms with Gasteiger partial charge < -0.3 is 19.8 Å². The van der Waals surface area contributed by atoms with Crippen LogP contribution in [0.25, 0.3) is 0 Å². The molecule has 0 spiro atoms. The number of methoxy groups -OCH3 is 2. The van der Waals surface area contributed by atoms with Gasteiger partial charge >= 0.3 is 0 Å². The van der Waals surface area contributed by atoms with E-state index in [1.807, 2.05) is 6.07 Å². The lowest BCUT2D eigenvalue weighted by Gasteiger charge is -2.31. The standard InChI is InChI=1S/C15H20BrN3O2/c1-19-5-4-12-11(8-19)14(18-17-12)10-6-9(16)7-13(20-2)15(10)21-3/h6-7,11,14,18H,4-5,8H2,1-3H3. The molecule has 114 valence electrons. The van der Waals surface area contributed by atoms with Gasteiger partial charge in [-0.3, -0.25) is 0 Å². The van der Waals surface area contributed by atoms with Crippen LogP contribution in [0, 0.1) is 5.92 Å². The van der Waals surface area contributed by atoms with Crippen molar-refractivity contribution in [3.63, 3.8) is 0 Å². The molecule has 0 saturated carbocycles. The van der Waals surface area contributed by atoms with Crippen LogP contribution in [0.2, 0.25) is 0 Å². The second kappa shape index (κ2) is 5.85. The van der Waals surface area contributed by atoms with Gasteiger partial charge in [-0.25, -0.2) is 0 Å². The summed E-state index contributed by atoms with van der Waals surface area (Å²) in [6.07, 6.45) is 1.03. The molecule has 6 heteroatoms. The number of piperidine rings is 1. The zero-order chi connectivity index (χ0) is 15.0. The van der Waals surface area contributed by atoms with E-state index < -0.39 is 0 Å². The van der Waals surface area contributed by atoms with Gasteiger partial charge in [-0.1, -0.05) is 15.9 Å². The molecule has 0 radical (unpaired) electrons. The fraction of sp³-hybridized carbons (Fsp3) is 0.533. The zero-order valence-electron chi connectivity index (χ0n) is 12.5. The number of nitrogens with zero attached hydrogens (tertiary/aromatic N) is 2. The van der Waals surface area contributed by atoms with Crippen LogP contribution in [-0.2, 0) is 0 Å². The van der Waals surface area contributed by atoms with Crippen LogP contribution in [0.5, 0.6) is 11.5 Å². The molecule has 0 aliphatic carbocycles. The monoisotopic (exact) mass is 353 g/mol. The van der Waals surface area contributed by atoms with Crippen molar-refractivity contribution in [1.82, 2.24) is 10.3 Å². The van der Waals surface area contributed by atoms with E-state index >= 15 is 0 Å². The number of hydrazone groups is 1. The molecule has 0 aromatic heterocycles. The third-order valence-corrected chi connectivity index (χ3v) is 4.70. The lowest BCUT2D eigenvalue weighted by molar-refractivity contribution is 0.269. The van der Waals surface area contributed by atoms with E-state index in [-0.39, 0.29) is 6.04 Å². The highest BCUT2D eigenvalue weighted by molar-refractivity contribution is 9.10. The molecule has 1 fully saturated rings. The minimum atomic E-state index is 0.129. The lowest BCUT2D eigenvalue weighted by Crippen LogP contribution is -2.39. The molecule has 0 amide bonds. The predicted octanol–water partition coefficient (Wildman–Crippen LogP) is 2.42. The summed E-state index contributed by atoms with van der Waals surface area (Å²) in [4.78, 5) is 2.35. The van der Waals surface area contributed by atoms with E-state index in [1.54, 1.807) is 14.2 Å². The molecule has 2 aliphatic rings. The first-order chi connectivity index (χ1) is 10.1. The van der Waals surface area contributed by atoms with Crippen LogP contribution in [0.1, 0.15) is 18.0 Å². The van der Waals surface area contributed by atoms with E-state index in [0.29, 0.717) is 5.92 Å². The third kappa shape index (κ3) is 2.62. The summed E-state index contributed by atoms with van der Waals surface area (Å²) in [7, 11) is 5.50. The molecule has 2 unspecified atom stereocenters. The summed E-state index contributed by atoms with van der Waals surface area (Å²) < 4.78 is 12.0. The molecular formula is C15H20BrN3O2. The maximum absolute atomic E-state index is 5.59. The number of fused-ring (bicyclic) bond motifs is 1. The van der Waals surface area contributed by atoms with Gasteiger partial charge in [0.25, 0.3) is 0 Å². The molecular weight excluding hydrogens is 334 g/mol. The lowest BCUT2D eigenvalue weighted by atomic mass is 9.86. The first kappa shape index (κ1) is 14.7. The Bertz CT molecular complexity index is 576. The average molecular weight is 354 g/mol. The molecule has 2 atom stereocenters. The van der Waals surface area contributed by atoms with Gasteiger partial charge in [-0.05, 0) is 19.2 Å². The summed E-state index contributed by atoms with van der Waals surface area (Å²) in [5.41, 5.74) is 5.64. The van der Waals surface area contributed by atoms with Gasteiger partial charge in [-0.2, -0.15) is 5.10 Å². The predicted molar refractivity (Wildman–Crippen MR) is 86.2 cm³/mol. The minimum absolute atomic E-state index is 0.129. The number of rotatable bonds is 3. The summed E-state index contributed by atoms with van der Waals surface area (Å²) in [6, 6.07) is 4.14. The van der Waals surface area contributed by atoms with E-state index in [4.69, 9.17) is 9.47 Å². The number of hydrogen-bond donors (Lipinski definition) is 1. The van der Waals surface area contributed by atoms with E-state index in [1.165, 1.54) is 5.71 Å². The number of likely N-dealkylation sites (tertiary alicyclic amines) is 1. The Morgan fingerprint density at radius 3 is 2.86 bits per heavy atom. The molecule has 1 N–H and O–H groups in total. The van der Waals surface area contributed by atoms with Crippen molar-refractivity contribution in [2.75, 3.05) is 34.4 Å². The van der Waals surface area contributed by atoms with E-state index in [2.05, 4.69) is 44.5 Å². The van der Waals surface area contributed by atoms with Crippen molar-refractivity contribution >= 4 is 21.6 Å². The highest BCUT2D eigenvalue weighted by Gasteiger charge is 2.38. The van der Waals surface area contributed by atoms with Crippen LogP contribution >= 0.6 is 15.9 Å². The smallest absolute Gasteiger partial charge is 0.166 e. The van der Waals surface area contributed by atoms with Crippen LogP contribution < -0.4 is 14.9 Å². The van der Waals surface area contributed by atoms with Crippen molar-refractivity contribution in [3.8, 4) is 11.5 Å². The summed E-state index contributed by atoms with van der Waals surface area (Å²) in [5.74, 6) is 1.90. The molecule has 5 nitrogen and oxygen atoms in total. The van der Waals surface area contributed by atoms with Gasteiger partial charge in [0.15, 0.2) is 11.5 Å². The van der Waals surface area contributed by atoms with E-state index in [9.17, 15) is 0 Å². The Hall–Kier alpha value is -1.27. The van der Waals surface area contributed by atoms with Crippen LogP contribution in [0.15, 0.2) is 21.7 Å². The quantitative estimate of drug-likeness (QED) is 0.906. The molecule has 3 rings (SSSR count). The number of nitrogens with one attached hydrogen (secondary N) is 1. The van der Waals surface area contributed by atoms with Crippen molar-refractivity contribution in [3.05, 3.63) is 22.2 Å². The second-order valence-electron chi connectivity index (χ2n) is 5.56. The Morgan fingerprint density at radius 1 is 1.33 bits per heavy atom. The van der Waals surface area contributed by atoms with Crippen LogP contribution in [0.4, 0.5) is 0 Å². The number of hydrogen-bond acceptors (Lipinski definition) is 5. The Kier molecular flexibility index (Phi) is 4.08. The second-order valence-corrected chi connectivity index (χ2v) is 6.47. The van der Waals surface area contributed by atoms with E-state index in [0.717, 1.165) is 41.0 Å². The number of halogens is 1. The summed E-state index contributed by atoms with van der Waals surface area (Å²) >= 11 is 3.55. The maximum atomic E-state index is 5.59. The van der Waals surface area contributed by atoms with Gasteiger partial charge in [0.05, 0.1) is 20.3 Å². The Balaban J connectivity index is 1.99. The first-order valence-corrected chi connectivity index (χ1v) is 7.85. The van der Waals surface area contributed by atoms with Crippen LogP contribution in [0.3, 0.4) is 0 Å². The molecule has 21 heavy (non-hydrogen) atoms. The fourth-order valence-corrected chi connectivity index (χ4v) is 3.63. The molecule has 1 aromatic carbocycles. The van der Waals surface area contributed by atoms with Gasteiger partial charge in [0.2, 0.25) is 0 Å². The molecule has 1 aromatic rings. The summed E-state index contributed by atoms with van der Waals surface area (Å²) in [5, 5.41) is 4.54. The van der Waals surface area contributed by atoms with Gasteiger partial charge in [0, 0.05) is 41.2 Å². The fourth-order valence-electron chi connectivity index (χ4n) is 3.18. The molecule has 2 aliphatic heterocycles. The zero-order valence-corrected chi connectivity index (χ0v) is 14.1. The largest absolute Gasteiger partial charge is 0.493 e. The highest BCUT2D eigenvalue weighted by atomic mass is 79.9. The minimum Gasteiger partial charge on any atom is -0.493 e. The average Bonchev–Trinajstić information content (AvgIpc) is 2.89. The summed E-state index contributed by atoms with van der Waals surface area (Å²) in [6.45, 7) is 2.08. The molecule has 2 heterocycles. The van der Waals surface area contributed by atoms with Crippen LogP contribution in [-0.4, -0.2) is 45.0 Å². The number of ether oxygens (including phenoxy) is 2. The van der Waals surface area contributed by atoms with Crippen molar-refractivity contribution in [2.45, 2.75) is 12.5 Å². The van der Waals surface area contributed by atoms with Crippen molar-refractivity contribution in [2.24, 2.45) is 11.0 Å². The third-order valence-electron chi connectivity index (χ3n) is 4.24. The topological polar surface area (TPSA) is 46.1 Å². The Morgan fingerprint density at radius 2 is 2.14 bits per heavy atom. The molecule has 0 bridgehead atoms. The first-order valence-electron chi connectivity index (χ1n) is 7.06. The van der Waals surface area contributed by atoms with Crippen molar-refractivity contribution in [1.29, 1.82) is 0 Å². The highest BCUT2D eigenvalue weighted by Crippen LogP contribution is 2.42. The Labute approximate surface area is 133 Å². The van der Waals surface area contributed by atoms with Crippen molar-refractivity contribution < 1.29 is 9.47 Å². The SMILES string of the molecule is COc1cc(Br)cc(C2NN=C3CCN(C)CC32)c1OC. The van der Waals surface area contributed by atoms with Gasteiger partial charge in [-0.15, -0.1) is 0 Å².